The molecule has 0 saturated heterocycles. The molecule has 0 fully saturated rings. The standard InChI is InChI=1S/C26H25N3O4/c1-31-22-14-8-7-13-20(22)24-21(17-29(28-24)19-11-5-4-6-12-19)26(30)27-16-18-10-9-15-23(32-2)25(18)33-3/h4-15,17H,16H2,1-3H3,(H,27,30). The molecular weight excluding hydrogens is 418 g/mol. The van der Waals surface area contributed by atoms with Gasteiger partial charge in [0.1, 0.15) is 11.4 Å². The minimum absolute atomic E-state index is 0.261. The Morgan fingerprint density at radius 3 is 2.27 bits per heavy atom. The summed E-state index contributed by atoms with van der Waals surface area (Å²) in [4.78, 5) is 13.3. The van der Waals surface area contributed by atoms with Crippen molar-refractivity contribution >= 4 is 5.91 Å². The van der Waals surface area contributed by atoms with Crippen LogP contribution in [0.5, 0.6) is 17.2 Å². The molecule has 4 rings (SSSR count). The van der Waals surface area contributed by atoms with Crippen molar-refractivity contribution in [2.24, 2.45) is 0 Å². The van der Waals surface area contributed by atoms with Crippen LogP contribution in [0.3, 0.4) is 0 Å². The number of methoxy groups -OCH3 is 3. The molecule has 0 radical (unpaired) electrons. The zero-order valence-electron chi connectivity index (χ0n) is 18.7. The topological polar surface area (TPSA) is 74.6 Å². The Morgan fingerprint density at radius 2 is 1.55 bits per heavy atom. The van der Waals surface area contributed by atoms with E-state index in [1.807, 2.05) is 72.8 Å². The highest BCUT2D eigenvalue weighted by Gasteiger charge is 2.21. The number of benzene rings is 3. The molecule has 0 aliphatic rings. The van der Waals surface area contributed by atoms with Crippen LogP contribution in [0.1, 0.15) is 15.9 Å². The first-order chi connectivity index (χ1) is 16.2. The van der Waals surface area contributed by atoms with Gasteiger partial charge in [0.15, 0.2) is 11.5 Å². The molecule has 0 unspecified atom stereocenters. The quantitative estimate of drug-likeness (QED) is 0.434. The highest BCUT2D eigenvalue weighted by Crippen LogP contribution is 2.33. The molecule has 1 N–H and O–H groups in total. The zero-order valence-corrected chi connectivity index (χ0v) is 18.7. The molecule has 1 aromatic heterocycles. The van der Waals surface area contributed by atoms with E-state index in [1.165, 1.54) is 0 Å². The first-order valence-electron chi connectivity index (χ1n) is 10.4. The number of nitrogens with one attached hydrogen (secondary N) is 1. The van der Waals surface area contributed by atoms with Crippen molar-refractivity contribution in [2.45, 2.75) is 6.54 Å². The third-order valence-electron chi connectivity index (χ3n) is 5.27. The van der Waals surface area contributed by atoms with Gasteiger partial charge in [-0.05, 0) is 30.3 Å². The predicted octanol–water partition coefficient (Wildman–Crippen LogP) is 4.50. The Morgan fingerprint density at radius 1 is 0.848 bits per heavy atom. The van der Waals surface area contributed by atoms with E-state index in [0.717, 1.165) is 16.8 Å². The number of rotatable bonds is 8. The predicted molar refractivity (Wildman–Crippen MR) is 126 cm³/mol. The molecule has 168 valence electrons. The molecular formula is C26H25N3O4. The summed E-state index contributed by atoms with van der Waals surface area (Å²) < 4.78 is 18.1. The van der Waals surface area contributed by atoms with Crippen molar-refractivity contribution in [3.05, 3.63) is 90.1 Å². The Hall–Kier alpha value is -4.26. The molecule has 1 amide bonds. The Kier molecular flexibility index (Phi) is 6.59. The summed E-state index contributed by atoms with van der Waals surface area (Å²) in [6.07, 6.45) is 1.73. The van der Waals surface area contributed by atoms with E-state index in [4.69, 9.17) is 19.3 Å². The average molecular weight is 444 g/mol. The van der Waals surface area contributed by atoms with Crippen molar-refractivity contribution in [1.82, 2.24) is 15.1 Å². The van der Waals surface area contributed by atoms with Crippen LogP contribution < -0.4 is 19.5 Å². The van der Waals surface area contributed by atoms with E-state index in [1.54, 1.807) is 32.2 Å². The van der Waals surface area contributed by atoms with Crippen molar-refractivity contribution in [1.29, 1.82) is 0 Å². The number of hydrogen-bond donors (Lipinski definition) is 1. The minimum atomic E-state index is -0.261. The monoisotopic (exact) mass is 443 g/mol. The molecule has 0 bridgehead atoms. The highest BCUT2D eigenvalue weighted by molar-refractivity contribution is 6.00. The first kappa shape index (κ1) is 22.0. The van der Waals surface area contributed by atoms with Crippen LogP contribution in [0, 0.1) is 0 Å². The first-order valence-corrected chi connectivity index (χ1v) is 10.4. The van der Waals surface area contributed by atoms with Gasteiger partial charge in [-0.25, -0.2) is 4.68 Å². The lowest BCUT2D eigenvalue weighted by atomic mass is 10.1. The van der Waals surface area contributed by atoms with Crippen LogP contribution >= 0.6 is 0 Å². The van der Waals surface area contributed by atoms with Crippen molar-refractivity contribution in [2.75, 3.05) is 21.3 Å². The molecule has 0 aliphatic heterocycles. The molecule has 0 saturated carbocycles. The van der Waals surface area contributed by atoms with Gasteiger partial charge in [0.05, 0.1) is 32.6 Å². The second kappa shape index (κ2) is 9.91. The maximum absolute atomic E-state index is 13.3. The van der Waals surface area contributed by atoms with Gasteiger partial charge in [-0.1, -0.05) is 42.5 Å². The summed E-state index contributed by atoms with van der Waals surface area (Å²) in [5, 5.41) is 7.71. The molecule has 3 aromatic carbocycles. The maximum Gasteiger partial charge on any atom is 0.255 e. The van der Waals surface area contributed by atoms with E-state index >= 15 is 0 Å². The lowest BCUT2D eigenvalue weighted by Crippen LogP contribution is -2.23. The third-order valence-corrected chi connectivity index (χ3v) is 5.27. The van der Waals surface area contributed by atoms with Crippen LogP contribution in [0.2, 0.25) is 0 Å². The Balaban J connectivity index is 1.70. The van der Waals surface area contributed by atoms with E-state index in [-0.39, 0.29) is 12.5 Å². The summed E-state index contributed by atoms with van der Waals surface area (Å²) in [5.74, 6) is 1.57. The fraction of sp³-hybridized carbons (Fsp3) is 0.154. The van der Waals surface area contributed by atoms with Gasteiger partial charge in [0, 0.05) is 23.9 Å². The molecule has 4 aromatic rings. The lowest BCUT2D eigenvalue weighted by Gasteiger charge is -2.13. The molecule has 33 heavy (non-hydrogen) atoms. The van der Waals surface area contributed by atoms with Crippen molar-refractivity contribution in [3.63, 3.8) is 0 Å². The van der Waals surface area contributed by atoms with Gasteiger partial charge in [0.25, 0.3) is 5.91 Å². The van der Waals surface area contributed by atoms with Crippen molar-refractivity contribution < 1.29 is 19.0 Å². The zero-order chi connectivity index (χ0) is 23.2. The summed E-state index contributed by atoms with van der Waals surface area (Å²) >= 11 is 0. The number of amides is 1. The molecule has 1 heterocycles. The lowest BCUT2D eigenvalue weighted by molar-refractivity contribution is 0.0951. The largest absolute Gasteiger partial charge is 0.496 e. The van der Waals surface area contributed by atoms with Crippen LogP contribution in [0.4, 0.5) is 0 Å². The molecule has 0 spiro atoms. The van der Waals surface area contributed by atoms with Gasteiger partial charge >= 0.3 is 0 Å². The number of nitrogens with zero attached hydrogens (tertiary/aromatic N) is 2. The number of para-hydroxylation sites is 3. The number of carbonyl (C=O) groups is 1. The van der Waals surface area contributed by atoms with E-state index < -0.39 is 0 Å². The summed E-state index contributed by atoms with van der Waals surface area (Å²) in [5.41, 5.74) is 3.36. The number of hydrogen-bond acceptors (Lipinski definition) is 5. The second-order valence-corrected chi connectivity index (χ2v) is 7.21. The smallest absolute Gasteiger partial charge is 0.255 e. The summed E-state index contributed by atoms with van der Waals surface area (Å²) in [6, 6.07) is 22.7. The Bertz CT molecular complexity index is 1250. The van der Waals surface area contributed by atoms with Crippen molar-refractivity contribution in [3.8, 4) is 34.2 Å². The molecule has 0 atom stereocenters. The van der Waals surface area contributed by atoms with Gasteiger partial charge in [0.2, 0.25) is 0 Å². The van der Waals surface area contributed by atoms with E-state index in [9.17, 15) is 4.79 Å². The maximum atomic E-state index is 13.3. The number of aromatic nitrogens is 2. The van der Waals surface area contributed by atoms with Crippen LogP contribution in [-0.2, 0) is 6.54 Å². The summed E-state index contributed by atoms with van der Waals surface area (Å²) in [6.45, 7) is 0.265. The van der Waals surface area contributed by atoms with Gasteiger partial charge < -0.3 is 19.5 Å². The van der Waals surface area contributed by atoms with Crippen LogP contribution in [-0.4, -0.2) is 37.0 Å². The number of ether oxygens (including phenoxy) is 3. The number of carbonyl (C=O) groups excluding carboxylic acids is 1. The van der Waals surface area contributed by atoms with Gasteiger partial charge in [-0.3, -0.25) is 4.79 Å². The third kappa shape index (κ3) is 4.52. The average Bonchev–Trinajstić information content (AvgIpc) is 3.33. The molecule has 7 nitrogen and oxygen atoms in total. The second-order valence-electron chi connectivity index (χ2n) is 7.21. The van der Waals surface area contributed by atoms with E-state index in [2.05, 4.69) is 5.32 Å². The molecule has 7 heteroatoms. The molecule has 0 aliphatic carbocycles. The SMILES string of the molecule is COc1ccccc1-c1nn(-c2ccccc2)cc1C(=O)NCc1cccc(OC)c1OC. The van der Waals surface area contributed by atoms with Gasteiger partial charge in [-0.2, -0.15) is 5.10 Å². The van der Waals surface area contributed by atoms with Crippen LogP contribution in [0.15, 0.2) is 79.0 Å². The normalized spacial score (nSPS) is 10.5. The van der Waals surface area contributed by atoms with Gasteiger partial charge in [-0.15, -0.1) is 0 Å². The fourth-order valence-corrected chi connectivity index (χ4v) is 3.66. The fourth-order valence-electron chi connectivity index (χ4n) is 3.66. The summed E-state index contributed by atoms with van der Waals surface area (Å²) in [7, 11) is 4.76. The highest BCUT2D eigenvalue weighted by atomic mass is 16.5. The van der Waals surface area contributed by atoms with Crippen LogP contribution in [0.25, 0.3) is 16.9 Å². The Labute approximate surface area is 192 Å². The minimum Gasteiger partial charge on any atom is -0.496 e. The van der Waals surface area contributed by atoms with E-state index in [0.29, 0.717) is 28.5 Å².